The molecule has 2 heterocycles. The third-order valence-electron chi connectivity index (χ3n) is 2.91. The predicted octanol–water partition coefficient (Wildman–Crippen LogP) is 0.819. The predicted molar refractivity (Wildman–Crippen MR) is 62.3 cm³/mol. The van der Waals surface area contributed by atoms with E-state index in [9.17, 15) is 4.79 Å². The standard InChI is InChI=1S/C12H17N3O/c1-3-14-12(16)11-7-13-6-9-8-15(2)5-4-10(9)11/h6-7H,3-5,8H2,1-2H3,(H,14,16). The fourth-order valence-electron chi connectivity index (χ4n) is 2.09. The van der Waals surface area contributed by atoms with Crippen molar-refractivity contribution in [2.75, 3.05) is 20.1 Å². The van der Waals surface area contributed by atoms with Gasteiger partial charge in [-0.2, -0.15) is 0 Å². The average molecular weight is 219 g/mol. The molecule has 0 atom stereocenters. The monoisotopic (exact) mass is 219 g/mol. The van der Waals surface area contributed by atoms with Crippen LogP contribution in [-0.2, 0) is 13.0 Å². The van der Waals surface area contributed by atoms with E-state index in [4.69, 9.17) is 0 Å². The number of fused-ring (bicyclic) bond motifs is 1. The summed E-state index contributed by atoms with van der Waals surface area (Å²) in [6, 6.07) is 0. The molecule has 0 bridgehead atoms. The lowest BCUT2D eigenvalue weighted by molar-refractivity contribution is 0.0953. The molecule has 1 aromatic rings. The van der Waals surface area contributed by atoms with Crippen molar-refractivity contribution in [2.24, 2.45) is 0 Å². The average Bonchev–Trinajstić information content (AvgIpc) is 2.28. The highest BCUT2D eigenvalue weighted by molar-refractivity contribution is 5.95. The van der Waals surface area contributed by atoms with Gasteiger partial charge in [0.25, 0.3) is 5.91 Å². The second-order valence-electron chi connectivity index (χ2n) is 4.17. The molecule has 0 saturated carbocycles. The van der Waals surface area contributed by atoms with Crippen LogP contribution in [0.1, 0.15) is 28.4 Å². The number of carbonyl (C=O) groups excluding carboxylic acids is 1. The first kappa shape index (κ1) is 11.1. The van der Waals surface area contributed by atoms with E-state index in [-0.39, 0.29) is 5.91 Å². The van der Waals surface area contributed by atoms with Gasteiger partial charge in [0.1, 0.15) is 0 Å². The van der Waals surface area contributed by atoms with Gasteiger partial charge in [0.2, 0.25) is 0 Å². The first-order valence-corrected chi connectivity index (χ1v) is 5.65. The van der Waals surface area contributed by atoms with Gasteiger partial charge in [0, 0.05) is 32.0 Å². The highest BCUT2D eigenvalue weighted by atomic mass is 16.1. The number of rotatable bonds is 2. The second kappa shape index (κ2) is 4.61. The molecular weight excluding hydrogens is 202 g/mol. The zero-order valence-electron chi connectivity index (χ0n) is 9.79. The topological polar surface area (TPSA) is 45.2 Å². The zero-order chi connectivity index (χ0) is 11.5. The summed E-state index contributed by atoms with van der Waals surface area (Å²) in [6.07, 6.45) is 4.48. The van der Waals surface area contributed by atoms with E-state index in [0.29, 0.717) is 6.54 Å². The third kappa shape index (κ3) is 2.07. The van der Waals surface area contributed by atoms with Crippen molar-refractivity contribution < 1.29 is 4.79 Å². The lowest BCUT2D eigenvalue weighted by Crippen LogP contribution is -2.30. The van der Waals surface area contributed by atoms with Crippen LogP contribution in [0.2, 0.25) is 0 Å². The number of likely N-dealkylation sites (N-methyl/N-ethyl adjacent to an activating group) is 1. The first-order valence-electron chi connectivity index (χ1n) is 5.65. The van der Waals surface area contributed by atoms with Crippen molar-refractivity contribution >= 4 is 5.91 Å². The molecule has 16 heavy (non-hydrogen) atoms. The number of carbonyl (C=O) groups is 1. The Kier molecular flexibility index (Phi) is 3.19. The van der Waals surface area contributed by atoms with Crippen LogP contribution in [0.3, 0.4) is 0 Å². The quantitative estimate of drug-likeness (QED) is 0.801. The molecule has 0 spiro atoms. The number of amides is 1. The summed E-state index contributed by atoms with van der Waals surface area (Å²) in [7, 11) is 2.09. The molecule has 0 saturated heterocycles. The maximum atomic E-state index is 11.8. The first-order chi connectivity index (χ1) is 7.72. The summed E-state index contributed by atoms with van der Waals surface area (Å²) < 4.78 is 0. The van der Waals surface area contributed by atoms with Crippen LogP contribution < -0.4 is 5.32 Å². The minimum absolute atomic E-state index is 0.00333. The Labute approximate surface area is 95.7 Å². The van der Waals surface area contributed by atoms with E-state index >= 15 is 0 Å². The van der Waals surface area contributed by atoms with E-state index in [1.54, 1.807) is 6.20 Å². The Morgan fingerprint density at radius 3 is 3.12 bits per heavy atom. The summed E-state index contributed by atoms with van der Waals surface area (Å²) in [6.45, 7) is 4.47. The molecular formula is C12H17N3O. The van der Waals surface area contributed by atoms with Crippen molar-refractivity contribution in [2.45, 2.75) is 19.9 Å². The summed E-state index contributed by atoms with van der Waals surface area (Å²) in [4.78, 5) is 18.2. The lowest BCUT2D eigenvalue weighted by atomic mass is 9.97. The van der Waals surface area contributed by atoms with Crippen molar-refractivity contribution in [3.05, 3.63) is 29.1 Å². The van der Waals surface area contributed by atoms with Crippen molar-refractivity contribution in [1.29, 1.82) is 0 Å². The number of aromatic nitrogens is 1. The van der Waals surface area contributed by atoms with Gasteiger partial charge in [-0.25, -0.2) is 0 Å². The van der Waals surface area contributed by atoms with E-state index in [0.717, 1.165) is 25.1 Å². The number of nitrogens with zero attached hydrogens (tertiary/aromatic N) is 2. The molecule has 1 aliphatic heterocycles. The van der Waals surface area contributed by atoms with Gasteiger partial charge in [-0.15, -0.1) is 0 Å². The lowest BCUT2D eigenvalue weighted by Gasteiger charge is -2.25. The van der Waals surface area contributed by atoms with Crippen molar-refractivity contribution in [3.8, 4) is 0 Å². The fourth-order valence-corrected chi connectivity index (χ4v) is 2.09. The number of nitrogens with one attached hydrogen (secondary N) is 1. The van der Waals surface area contributed by atoms with Gasteiger partial charge < -0.3 is 10.2 Å². The van der Waals surface area contributed by atoms with Crippen LogP contribution >= 0.6 is 0 Å². The summed E-state index contributed by atoms with van der Waals surface area (Å²) in [5.74, 6) is -0.00333. The molecule has 1 aliphatic rings. The maximum Gasteiger partial charge on any atom is 0.253 e. The Bertz CT molecular complexity index is 403. The SMILES string of the molecule is CCNC(=O)c1cncc2c1CCN(C)C2. The molecule has 0 aliphatic carbocycles. The maximum absolute atomic E-state index is 11.8. The zero-order valence-corrected chi connectivity index (χ0v) is 9.79. The van der Waals surface area contributed by atoms with Crippen LogP contribution in [0.25, 0.3) is 0 Å². The summed E-state index contributed by atoms with van der Waals surface area (Å²) >= 11 is 0. The van der Waals surface area contributed by atoms with Crippen LogP contribution in [0.5, 0.6) is 0 Å². The van der Waals surface area contributed by atoms with Gasteiger partial charge in [-0.3, -0.25) is 9.78 Å². The van der Waals surface area contributed by atoms with E-state index in [1.807, 2.05) is 13.1 Å². The molecule has 0 aromatic carbocycles. The summed E-state index contributed by atoms with van der Waals surface area (Å²) in [5.41, 5.74) is 3.09. The van der Waals surface area contributed by atoms with E-state index in [2.05, 4.69) is 22.2 Å². The van der Waals surface area contributed by atoms with E-state index in [1.165, 1.54) is 11.1 Å². The Morgan fingerprint density at radius 1 is 1.56 bits per heavy atom. The highest BCUT2D eigenvalue weighted by Crippen LogP contribution is 2.20. The van der Waals surface area contributed by atoms with Gasteiger partial charge in [0.05, 0.1) is 5.56 Å². The van der Waals surface area contributed by atoms with Gasteiger partial charge in [-0.1, -0.05) is 0 Å². The number of hydrogen-bond acceptors (Lipinski definition) is 3. The fraction of sp³-hybridized carbons (Fsp3) is 0.500. The van der Waals surface area contributed by atoms with Gasteiger partial charge >= 0.3 is 0 Å². The third-order valence-corrected chi connectivity index (χ3v) is 2.91. The molecule has 4 nitrogen and oxygen atoms in total. The van der Waals surface area contributed by atoms with Crippen LogP contribution in [0.15, 0.2) is 12.4 Å². The molecule has 86 valence electrons. The minimum Gasteiger partial charge on any atom is -0.352 e. The second-order valence-corrected chi connectivity index (χ2v) is 4.17. The molecule has 1 aromatic heterocycles. The van der Waals surface area contributed by atoms with Crippen molar-refractivity contribution in [3.63, 3.8) is 0 Å². The van der Waals surface area contributed by atoms with Crippen LogP contribution in [0, 0.1) is 0 Å². The smallest absolute Gasteiger partial charge is 0.253 e. The highest BCUT2D eigenvalue weighted by Gasteiger charge is 2.19. The van der Waals surface area contributed by atoms with Gasteiger partial charge in [-0.05, 0) is 31.5 Å². The van der Waals surface area contributed by atoms with Crippen LogP contribution in [0.4, 0.5) is 0 Å². The largest absolute Gasteiger partial charge is 0.352 e. The normalized spacial score (nSPS) is 15.6. The Balaban J connectivity index is 2.33. The molecule has 2 rings (SSSR count). The minimum atomic E-state index is -0.00333. The molecule has 0 unspecified atom stereocenters. The molecule has 1 N–H and O–H groups in total. The molecule has 1 amide bonds. The number of hydrogen-bond donors (Lipinski definition) is 1. The summed E-state index contributed by atoms with van der Waals surface area (Å²) in [5, 5.41) is 2.83. The Morgan fingerprint density at radius 2 is 2.38 bits per heavy atom. The van der Waals surface area contributed by atoms with Gasteiger partial charge in [0.15, 0.2) is 0 Å². The number of pyridine rings is 1. The van der Waals surface area contributed by atoms with E-state index < -0.39 is 0 Å². The van der Waals surface area contributed by atoms with Crippen molar-refractivity contribution in [1.82, 2.24) is 15.2 Å². The molecule has 0 radical (unpaired) electrons. The Hall–Kier alpha value is -1.42. The van der Waals surface area contributed by atoms with Crippen LogP contribution in [-0.4, -0.2) is 35.9 Å². The molecule has 4 heteroatoms. The molecule has 0 fully saturated rings.